The minimum absolute atomic E-state index is 0.219. The standard InChI is InChI=1S/C9H9IO3/c1-13-8-3-2-6(5-10)4-7(8)9(11)12/h2-4H,5H2,1H3,(H,11,12). The minimum atomic E-state index is -0.955. The van der Waals surface area contributed by atoms with Gasteiger partial charge in [0.2, 0.25) is 0 Å². The highest BCUT2D eigenvalue weighted by atomic mass is 127. The van der Waals surface area contributed by atoms with Crippen LogP contribution in [0.3, 0.4) is 0 Å². The predicted molar refractivity (Wildman–Crippen MR) is 57.7 cm³/mol. The van der Waals surface area contributed by atoms with Crippen LogP contribution in [0.1, 0.15) is 15.9 Å². The normalized spacial score (nSPS) is 9.69. The van der Waals surface area contributed by atoms with Crippen molar-refractivity contribution in [2.45, 2.75) is 4.43 Å². The average Bonchev–Trinajstić information content (AvgIpc) is 2.16. The van der Waals surface area contributed by atoms with E-state index in [1.54, 1.807) is 12.1 Å². The Kier molecular flexibility index (Phi) is 3.53. The van der Waals surface area contributed by atoms with Crippen molar-refractivity contribution in [3.63, 3.8) is 0 Å². The van der Waals surface area contributed by atoms with Gasteiger partial charge in [0.15, 0.2) is 0 Å². The summed E-state index contributed by atoms with van der Waals surface area (Å²) < 4.78 is 5.72. The molecule has 4 heteroatoms. The lowest BCUT2D eigenvalue weighted by molar-refractivity contribution is 0.0693. The van der Waals surface area contributed by atoms with Crippen LogP contribution in [-0.2, 0) is 4.43 Å². The van der Waals surface area contributed by atoms with Crippen LogP contribution in [0.25, 0.3) is 0 Å². The monoisotopic (exact) mass is 292 g/mol. The first-order valence-electron chi connectivity index (χ1n) is 3.65. The van der Waals surface area contributed by atoms with E-state index < -0.39 is 5.97 Å². The number of methoxy groups -OCH3 is 1. The summed E-state index contributed by atoms with van der Waals surface area (Å²) in [6.07, 6.45) is 0. The summed E-state index contributed by atoms with van der Waals surface area (Å²) in [7, 11) is 1.46. The highest BCUT2D eigenvalue weighted by Gasteiger charge is 2.10. The first-order valence-corrected chi connectivity index (χ1v) is 5.17. The molecule has 0 bridgehead atoms. The van der Waals surface area contributed by atoms with E-state index in [1.165, 1.54) is 7.11 Å². The quantitative estimate of drug-likeness (QED) is 0.687. The highest BCUT2D eigenvalue weighted by molar-refractivity contribution is 14.1. The fourth-order valence-electron chi connectivity index (χ4n) is 1.01. The lowest BCUT2D eigenvalue weighted by atomic mass is 10.1. The minimum Gasteiger partial charge on any atom is -0.496 e. The molecule has 1 aromatic rings. The third-order valence-electron chi connectivity index (χ3n) is 1.65. The summed E-state index contributed by atoms with van der Waals surface area (Å²) in [6, 6.07) is 5.17. The van der Waals surface area contributed by atoms with Gasteiger partial charge in [-0.25, -0.2) is 4.79 Å². The molecular weight excluding hydrogens is 283 g/mol. The van der Waals surface area contributed by atoms with Crippen LogP contribution in [0.5, 0.6) is 5.75 Å². The Bertz CT molecular complexity index is 323. The van der Waals surface area contributed by atoms with Crippen molar-refractivity contribution in [2.75, 3.05) is 7.11 Å². The second-order valence-corrected chi connectivity index (χ2v) is 3.24. The number of halogens is 1. The molecule has 0 heterocycles. The van der Waals surface area contributed by atoms with E-state index in [4.69, 9.17) is 9.84 Å². The summed E-state index contributed by atoms with van der Waals surface area (Å²) in [6.45, 7) is 0. The zero-order chi connectivity index (χ0) is 9.84. The van der Waals surface area contributed by atoms with Crippen LogP contribution in [0.2, 0.25) is 0 Å². The first-order chi connectivity index (χ1) is 6.19. The number of ether oxygens (including phenoxy) is 1. The fraction of sp³-hybridized carbons (Fsp3) is 0.222. The molecule has 0 aliphatic carbocycles. The molecule has 0 radical (unpaired) electrons. The van der Waals surface area contributed by atoms with Crippen molar-refractivity contribution < 1.29 is 14.6 Å². The average molecular weight is 292 g/mol. The molecule has 0 amide bonds. The van der Waals surface area contributed by atoms with Crippen LogP contribution in [0.4, 0.5) is 0 Å². The van der Waals surface area contributed by atoms with Gasteiger partial charge in [-0.2, -0.15) is 0 Å². The van der Waals surface area contributed by atoms with Crippen molar-refractivity contribution in [1.82, 2.24) is 0 Å². The Hall–Kier alpha value is -0.780. The molecular formula is C9H9IO3. The van der Waals surface area contributed by atoms with E-state index in [9.17, 15) is 4.79 Å². The van der Waals surface area contributed by atoms with E-state index in [1.807, 2.05) is 6.07 Å². The molecule has 0 saturated carbocycles. The van der Waals surface area contributed by atoms with Gasteiger partial charge in [-0.1, -0.05) is 28.7 Å². The number of hydrogen-bond acceptors (Lipinski definition) is 2. The van der Waals surface area contributed by atoms with Gasteiger partial charge >= 0.3 is 5.97 Å². The molecule has 0 aliphatic rings. The smallest absolute Gasteiger partial charge is 0.339 e. The molecule has 1 N–H and O–H groups in total. The van der Waals surface area contributed by atoms with Gasteiger partial charge in [0.25, 0.3) is 0 Å². The molecule has 0 unspecified atom stereocenters. The maximum atomic E-state index is 10.8. The molecule has 0 saturated heterocycles. The SMILES string of the molecule is COc1ccc(CI)cc1C(=O)O. The molecule has 0 fully saturated rings. The molecule has 0 aliphatic heterocycles. The van der Waals surface area contributed by atoms with Crippen LogP contribution in [0.15, 0.2) is 18.2 Å². The Balaban J connectivity index is 3.18. The van der Waals surface area contributed by atoms with Crippen LogP contribution in [-0.4, -0.2) is 18.2 Å². The maximum absolute atomic E-state index is 10.8. The van der Waals surface area contributed by atoms with E-state index in [0.29, 0.717) is 5.75 Å². The molecule has 0 atom stereocenters. The number of rotatable bonds is 3. The maximum Gasteiger partial charge on any atom is 0.339 e. The Morgan fingerprint density at radius 1 is 1.62 bits per heavy atom. The van der Waals surface area contributed by atoms with Gasteiger partial charge in [0.1, 0.15) is 11.3 Å². The van der Waals surface area contributed by atoms with Gasteiger partial charge in [0, 0.05) is 4.43 Å². The fourth-order valence-corrected chi connectivity index (χ4v) is 1.48. The number of alkyl halides is 1. The molecule has 13 heavy (non-hydrogen) atoms. The summed E-state index contributed by atoms with van der Waals surface area (Å²) in [5, 5.41) is 8.83. The zero-order valence-electron chi connectivity index (χ0n) is 7.08. The number of aromatic carboxylic acids is 1. The topological polar surface area (TPSA) is 46.5 Å². The Morgan fingerprint density at radius 3 is 2.77 bits per heavy atom. The number of benzene rings is 1. The predicted octanol–water partition coefficient (Wildman–Crippen LogP) is 2.33. The van der Waals surface area contributed by atoms with E-state index in [0.717, 1.165) is 9.99 Å². The van der Waals surface area contributed by atoms with E-state index in [2.05, 4.69) is 22.6 Å². The van der Waals surface area contributed by atoms with Crippen molar-refractivity contribution in [3.05, 3.63) is 29.3 Å². The van der Waals surface area contributed by atoms with E-state index in [-0.39, 0.29) is 5.56 Å². The molecule has 0 spiro atoms. The molecule has 0 aromatic heterocycles. The number of carboxylic acids is 1. The zero-order valence-corrected chi connectivity index (χ0v) is 9.24. The van der Waals surface area contributed by atoms with Crippen LogP contribution < -0.4 is 4.74 Å². The van der Waals surface area contributed by atoms with Crippen molar-refractivity contribution in [2.24, 2.45) is 0 Å². The summed E-state index contributed by atoms with van der Waals surface area (Å²) >= 11 is 2.18. The van der Waals surface area contributed by atoms with Crippen molar-refractivity contribution in [1.29, 1.82) is 0 Å². The van der Waals surface area contributed by atoms with Crippen molar-refractivity contribution in [3.8, 4) is 5.75 Å². The Morgan fingerprint density at radius 2 is 2.31 bits per heavy atom. The van der Waals surface area contributed by atoms with Gasteiger partial charge in [-0.05, 0) is 17.7 Å². The van der Waals surface area contributed by atoms with Crippen molar-refractivity contribution >= 4 is 28.6 Å². The number of carbonyl (C=O) groups is 1. The second-order valence-electron chi connectivity index (χ2n) is 2.47. The molecule has 1 rings (SSSR count). The van der Waals surface area contributed by atoms with Crippen LogP contribution >= 0.6 is 22.6 Å². The summed E-state index contributed by atoms with van der Waals surface area (Å²) in [4.78, 5) is 10.8. The third-order valence-corrected chi connectivity index (χ3v) is 2.53. The first kappa shape index (κ1) is 10.3. The van der Waals surface area contributed by atoms with Gasteiger partial charge in [-0.15, -0.1) is 0 Å². The van der Waals surface area contributed by atoms with Gasteiger partial charge in [-0.3, -0.25) is 0 Å². The number of carboxylic acid groups (broad SMARTS) is 1. The van der Waals surface area contributed by atoms with Gasteiger partial charge < -0.3 is 9.84 Å². The molecule has 70 valence electrons. The summed E-state index contributed by atoms with van der Waals surface area (Å²) in [5.41, 5.74) is 1.20. The third kappa shape index (κ3) is 2.33. The van der Waals surface area contributed by atoms with E-state index >= 15 is 0 Å². The van der Waals surface area contributed by atoms with Gasteiger partial charge in [0.05, 0.1) is 7.11 Å². The highest BCUT2D eigenvalue weighted by Crippen LogP contribution is 2.20. The molecule has 1 aromatic carbocycles. The largest absolute Gasteiger partial charge is 0.496 e. The Labute approximate surface area is 89.9 Å². The summed E-state index contributed by atoms with van der Waals surface area (Å²) in [5.74, 6) is -0.551. The van der Waals surface area contributed by atoms with Crippen LogP contribution in [0, 0.1) is 0 Å². The number of hydrogen-bond donors (Lipinski definition) is 1. The lowest BCUT2D eigenvalue weighted by Gasteiger charge is -2.05. The second kappa shape index (κ2) is 4.45. The lowest BCUT2D eigenvalue weighted by Crippen LogP contribution is -2.01. The molecule has 3 nitrogen and oxygen atoms in total.